The summed E-state index contributed by atoms with van der Waals surface area (Å²) in [5.74, 6) is 8.11. The summed E-state index contributed by atoms with van der Waals surface area (Å²) in [5, 5.41) is 2.26. The zero-order valence-electron chi connectivity index (χ0n) is 15.1. The van der Waals surface area contributed by atoms with E-state index in [1.807, 2.05) is 36.5 Å². The van der Waals surface area contributed by atoms with Crippen molar-refractivity contribution in [3.05, 3.63) is 84.4 Å². The Labute approximate surface area is 158 Å². The molecule has 0 aliphatic rings. The number of nitrogens with zero attached hydrogens (tertiary/aromatic N) is 1. The van der Waals surface area contributed by atoms with Crippen LogP contribution in [0.2, 0.25) is 0 Å². The molecule has 0 bridgehead atoms. The molecule has 3 nitrogen and oxygen atoms in total. The van der Waals surface area contributed by atoms with Gasteiger partial charge in [-0.25, -0.2) is 0 Å². The van der Waals surface area contributed by atoms with Crippen LogP contribution in [0.1, 0.15) is 17.5 Å². The number of hydrogen-bond acceptors (Lipinski definition) is 3. The predicted octanol–water partition coefficient (Wildman–Crippen LogP) is 5.49. The van der Waals surface area contributed by atoms with Gasteiger partial charge in [0.15, 0.2) is 0 Å². The fraction of sp³-hybridized carbons (Fsp3) is 0.125. The number of fused-ring (bicyclic) bond motifs is 1. The molecule has 0 amide bonds. The van der Waals surface area contributed by atoms with Crippen molar-refractivity contribution in [1.29, 1.82) is 0 Å². The summed E-state index contributed by atoms with van der Waals surface area (Å²) in [6, 6.07) is 18.3. The van der Waals surface area contributed by atoms with E-state index in [1.165, 1.54) is 5.56 Å². The van der Waals surface area contributed by atoms with Gasteiger partial charge >= 0.3 is 0 Å². The Kier molecular flexibility index (Phi) is 4.89. The van der Waals surface area contributed by atoms with Crippen LogP contribution in [0.25, 0.3) is 22.1 Å². The van der Waals surface area contributed by atoms with E-state index in [-0.39, 0.29) is 0 Å². The SMILES string of the molecule is COc1ccc(CCC#Cc2coc(-c3ccc4cnccc4c3)c2)cc1. The second-order valence-corrected chi connectivity index (χ2v) is 6.29. The molecule has 3 heteroatoms. The lowest BCUT2D eigenvalue weighted by Crippen LogP contribution is -1.85. The molecule has 0 atom stereocenters. The Morgan fingerprint density at radius 2 is 1.89 bits per heavy atom. The normalized spacial score (nSPS) is 10.4. The zero-order valence-corrected chi connectivity index (χ0v) is 15.1. The third-order valence-electron chi connectivity index (χ3n) is 4.45. The highest BCUT2D eigenvalue weighted by Crippen LogP contribution is 2.25. The Balaban J connectivity index is 1.42. The lowest BCUT2D eigenvalue weighted by molar-refractivity contribution is 0.414. The maximum atomic E-state index is 5.71. The second kappa shape index (κ2) is 7.80. The number of pyridine rings is 1. The highest BCUT2D eigenvalue weighted by atomic mass is 16.5. The first-order valence-corrected chi connectivity index (χ1v) is 8.86. The fourth-order valence-electron chi connectivity index (χ4n) is 2.95. The van der Waals surface area contributed by atoms with Crippen LogP contribution >= 0.6 is 0 Å². The van der Waals surface area contributed by atoms with E-state index in [2.05, 4.69) is 41.1 Å². The quantitative estimate of drug-likeness (QED) is 0.455. The van der Waals surface area contributed by atoms with Gasteiger partial charge in [-0.1, -0.05) is 36.1 Å². The van der Waals surface area contributed by atoms with Gasteiger partial charge < -0.3 is 9.15 Å². The second-order valence-electron chi connectivity index (χ2n) is 6.29. The molecule has 0 aliphatic carbocycles. The summed E-state index contributed by atoms with van der Waals surface area (Å²) < 4.78 is 10.9. The minimum Gasteiger partial charge on any atom is -0.497 e. The molecule has 2 heterocycles. The maximum Gasteiger partial charge on any atom is 0.135 e. The third-order valence-corrected chi connectivity index (χ3v) is 4.45. The standard InChI is InChI=1S/C24H19NO2/c1-26-23-10-6-18(7-11-23)4-2-3-5-19-14-24(27-17-19)21-8-9-22-16-25-13-12-20(22)15-21/h6-17H,2,4H2,1H3. The van der Waals surface area contributed by atoms with Crippen molar-refractivity contribution in [1.82, 2.24) is 4.98 Å². The van der Waals surface area contributed by atoms with Crippen LogP contribution in [0.4, 0.5) is 0 Å². The van der Waals surface area contributed by atoms with Gasteiger partial charge in [0, 0.05) is 35.8 Å². The summed E-state index contributed by atoms with van der Waals surface area (Å²) in [7, 11) is 1.68. The van der Waals surface area contributed by atoms with Gasteiger partial charge in [-0.2, -0.15) is 0 Å². The Morgan fingerprint density at radius 1 is 1.00 bits per heavy atom. The van der Waals surface area contributed by atoms with Gasteiger partial charge in [0.2, 0.25) is 0 Å². The molecular weight excluding hydrogens is 334 g/mol. The van der Waals surface area contributed by atoms with Crippen LogP contribution in [0.5, 0.6) is 5.75 Å². The number of ether oxygens (including phenoxy) is 1. The molecule has 132 valence electrons. The summed E-state index contributed by atoms with van der Waals surface area (Å²) in [6.45, 7) is 0. The van der Waals surface area contributed by atoms with E-state index >= 15 is 0 Å². The van der Waals surface area contributed by atoms with E-state index in [1.54, 1.807) is 19.6 Å². The predicted molar refractivity (Wildman–Crippen MR) is 108 cm³/mol. The first-order chi connectivity index (χ1) is 13.3. The van der Waals surface area contributed by atoms with Crippen LogP contribution in [-0.2, 0) is 6.42 Å². The molecule has 0 fully saturated rings. The molecule has 0 spiro atoms. The molecule has 4 aromatic rings. The summed E-state index contributed by atoms with van der Waals surface area (Å²) in [5.41, 5.74) is 3.19. The van der Waals surface area contributed by atoms with Crippen molar-refractivity contribution < 1.29 is 9.15 Å². The van der Waals surface area contributed by atoms with Gasteiger partial charge in [-0.05, 0) is 41.6 Å². The van der Waals surface area contributed by atoms with E-state index in [4.69, 9.17) is 9.15 Å². The van der Waals surface area contributed by atoms with Gasteiger partial charge in [-0.3, -0.25) is 4.98 Å². The summed E-state index contributed by atoms with van der Waals surface area (Å²) in [4.78, 5) is 4.14. The van der Waals surface area contributed by atoms with Gasteiger partial charge in [0.1, 0.15) is 17.8 Å². The molecule has 0 saturated heterocycles. The Bertz CT molecular complexity index is 1110. The van der Waals surface area contributed by atoms with Gasteiger partial charge in [-0.15, -0.1) is 0 Å². The molecule has 0 saturated carbocycles. The lowest BCUT2D eigenvalue weighted by Gasteiger charge is -2.00. The van der Waals surface area contributed by atoms with Crippen LogP contribution in [0.3, 0.4) is 0 Å². The number of methoxy groups -OCH3 is 1. The number of rotatable bonds is 4. The molecule has 0 aliphatic heterocycles. The number of aromatic nitrogens is 1. The number of aryl methyl sites for hydroxylation is 1. The average Bonchev–Trinajstić information content (AvgIpc) is 3.20. The Hall–Kier alpha value is -3.51. The van der Waals surface area contributed by atoms with Crippen molar-refractivity contribution in [2.75, 3.05) is 7.11 Å². The van der Waals surface area contributed by atoms with E-state index < -0.39 is 0 Å². The van der Waals surface area contributed by atoms with Crippen LogP contribution in [0.15, 0.2) is 77.7 Å². The van der Waals surface area contributed by atoms with Crippen molar-refractivity contribution in [2.45, 2.75) is 12.8 Å². The minimum absolute atomic E-state index is 0.801. The van der Waals surface area contributed by atoms with E-state index in [9.17, 15) is 0 Å². The largest absolute Gasteiger partial charge is 0.497 e. The number of benzene rings is 2. The van der Waals surface area contributed by atoms with E-state index in [0.717, 1.165) is 46.3 Å². The topological polar surface area (TPSA) is 35.3 Å². The molecule has 0 radical (unpaired) electrons. The molecule has 2 aromatic heterocycles. The van der Waals surface area contributed by atoms with Crippen LogP contribution in [-0.4, -0.2) is 12.1 Å². The number of furan rings is 1. The molecule has 2 aromatic carbocycles. The smallest absolute Gasteiger partial charge is 0.135 e. The van der Waals surface area contributed by atoms with Gasteiger partial charge in [0.25, 0.3) is 0 Å². The molecule has 0 unspecified atom stereocenters. The van der Waals surface area contributed by atoms with E-state index in [0.29, 0.717) is 0 Å². The molecular formula is C24H19NO2. The van der Waals surface area contributed by atoms with Crippen LogP contribution in [0, 0.1) is 11.8 Å². The zero-order chi connectivity index (χ0) is 18.5. The molecule has 4 rings (SSSR count). The Morgan fingerprint density at radius 3 is 2.74 bits per heavy atom. The van der Waals surface area contributed by atoms with Crippen molar-refractivity contribution in [2.24, 2.45) is 0 Å². The molecule has 0 N–H and O–H groups in total. The first-order valence-electron chi connectivity index (χ1n) is 8.86. The first kappa shape index (κ1) is 16.9. The monoisotopic (exact) mass is 353 g/mol. The highest BCUT2D eigenvalue weighted by Gasteiger charge is 2.04. The van der Waals surface area contributed by atoms with Crippen molar-refractivity contribution in [3.8, 4) is 28.9 Å². The lowest BCUT2D eigenvalue weighted by atomic mass is 10.1. The summed E-state index contributed by atoms with van der Waals surface area (Å²) >= 11 is 0. The maximum absolute atomic E-state index is 5.71. The van der Waals surface area contributed by atoms with Crippen LogP contribution < -0.4 is 4.74 Å². The minimum atomic E-state index is 0.801. The molecule has 27 heavy (non-hydrogen) atoms. The van der Waals surface area contributed by atoms with Crippen molar-refractivity contribution >= 4 is 10.8 Å². The average molecular weight is 353 g/mol. The van der Waals surface area contributed by atoms with Gasteiger partial charge in [0.05, 0.1) is 12.7 Å². The third kappa shape index (κ3) is 4.02. The fourth-order valence-corrected chi connectivity index (χ4v) is 2.95. The number of hydrogen-bond donors (Lipinski definition) is 0. The highest BCUT2D eigenvalue weighted by molar-refractivity contribution is 5.85. The van der Waals surface area contributed by atoms with Crippen molar-refractivity contribution in [3.63, 3.8) is 0 Å². The summed E-state index contributed by atoms with van der Waals surface area (Å²) in [6.07, 6.45) is 7.09.